The van der Waals surface area contributed by atoms with E-state index in [1.54, 1.807) is 11.0 Å². The van der Waals surface area contributed by atoms with Crippen molar-refractivity contribution in [2.45, 2.75) is 38.3 Å². The van der Waals surface area contributed by atoms with E-state index in [1.165, 1.54) is 0 Å². The van der Waals surface area contributed by atoms with Gasteiger partial charge in [0.05, 0.1) is 29.3 Å². The van der Waals surface area contributed by atoms with Crippen LogP contribution < -0.4 is 5.73 Å². The van der Waals surface area contributed by atoms with Gasteiger partial charge in [0.1, 0.15) is 6.04 Å². The van der Waals surface area contributed by atoms with Crippen LogP contribution in [-0.2, 0) is 11.2 Å². The Morgan fingerprint density at radius 1 is 1.36 bits per heavy atom. The molecule has 1 saturated heterocycles. The highest BCUT2D eigenvalue weighted by atomic mass is 16.2. The maximum atomic E-state index is 12.7. The molecule has 1 aromatic carbocycles. The number of primary amides is 1. The summed E-state index contributed by atoms with van der Waals surface area (Å²) in [4.78, 5) is 30.8. The zero-order chi connectivity index (χ0) is 17.7. The molecule has 126 valence electrons. The molecule has 2 fully saturated rings. The fourth-order valence-corrected chi connectivity index (χ4v) is 3.86. The van der Waals surface area contributed by atoms with E-state index in [-0.39, 0.29) is 24.4 Å². The van der Waals surface area contributed by atoms with Crippen LogP contribution in [0.15, 0.2) is 24.3 Å². The third-order valence-corrected chi connectivity index (χ3v) is 5.16. The van der Waals surface area contributed by atoms with Crippen molar-refractivity contribution < 1.29 is 9.59 Å². The number of rotatable bonds is 3. The van der Waals surface area contributed by atoms with Gasteiger partial charge in [-0.1, -0.05) is 12.1 Å². The zero-order valence-electron chi connectivity index (χ0n) is 13.9. The minimum absolute atomic E-state index is 0.0750. The van der Waals surface area contributed by atoms with Gasteiger partial charge in [0.2, 0.25) is 11.8 Å². The normalized spacial score (nSPS) is 24.0. The van der Waals surface area contributed by atoms with Gasteiger partial charge in [0.25, 0.3) is 0 Å². The SMILES string of the molecule is Cc1ccc2c(C(N)=O)cc(CC(=O)N3[C@H](C#N)C[C@@H]4C[C@@H]43)nc2c1. The third kappa shape index (κ3) is 2.62. The Bertz CT molecular complexity index is 946. The van der Waals surface area contributed by atoms with Crippen LogP contribution in [0.5, 0.6) is 0 Å². The highest BCUT2D eigenvalue weighted by molar-refractivity contribution is 6.05. The fraction of sp³-hybridized carbons (Fsp3) is 0.368. The molecule has 0 bridgehead atoms. The zero-order valence-corrected chi connectivity index (χ0v) is 13.9. The number of piperidine rings is 1. The summed E-state index contributed by atoms with van der Waals surface area (Å²) in [5, 5.41) is 9.95. The second-order valence-electron chi connectivity index (χ2n) is 6.97. The number of amides is 2. The Morgan fingerprint density at radius 3 is 2.88 bits per heavy atom. The van der Waals surface area contributed by atoms with Gasteiger partial charge in [-0.2, -0.15) is 5.26 Å². The van der Waals surface area contributed by atoms with Gasteiger partial charge in [-0.3, -0.25) is 14.6 Å². The maximum absolute atomic E-state index is 12.7. The topological polar surface area (TPSA) is 100 Å². The highest BCUT2D eigenvalue weighted by Gasteiger charge is 2.53. The number of nitrogens with zero attached hydrogens (tertiary/aromatic N) is 3. The number of hydrogen-bond acceptors (Lipinski definition) is 4. The summed E-state index contributed by atoms with van der Waals surface area (Å²) in [6.45, 7) is 1.94. The van der Waals surface area contributed by atoms with Gasteiger partial charge in [0.15, 0.2) is 0 Å². The summed E-state index contributed by atoms with van der Waals surface area (Å²) in [6.07, 6.45) is 1.83. The average molecular weight is 334 g/mol. The van der Waals surface area contributed by atoms with E-state index in [9.17, 15) is 14.9 Å². The van der Waals surface area contributed by atoms with Crippen molar-refractivity contribution in [1.29, 1.82) is 5.26 Å². The summed E-state index contributed by atoms with van der Waals surface area (Å²) in [5.74, 6) is -0.170. The van der Waals surface area contributed by atoms with Crippen molar-refractivity contribution >= 4 is 22.7 Å². The minimum Gasteiger partial charge on any atom is -0.366 e. The first-order valence-electron chi connectivity index (χ1n) is 8.39. The molecule has 2 heterocycles. The lowest BCUT2D eigenvalue weighted by atomic mass is 10.0. The number of carbonyl (C=O) groups excluding carboxylic acids is 2. The predicted molar refractivity (Wildman–Crippen MR) is 91.5 cm³/mol. The van der Waals surface area contributed by atoms with Crippen LogP contribution in [0, 0.1) is 24.2 Å². The lowest BCUT2D eigenvalue weighted by Gasteiger charge is -2.22. The summed E-state index contributed by atoms with van der Waals surface area (Å²) in [6, 6.07) is 9.28. The number of hydrogen-bond donors (Lipinski definition) is 1. The van der Waals surface area contributed by atoms with Gasteiger partial charge in [0, 0.05) is 11.4 Å². The van der Waals surface area contributed by atoms with Gasteiger partial charge in [-0.15, -0.1) is 0 Å². The van der Waals surface area contributed by atoms with E-state index in [0.29, 0.717) is 28.1 Å². The largest absolute Gasteiger partial charge is 0.366 e. The van der Waals surface area contributed by atoms with Crippen molar-refractivity contribution in [3.63, 3.8) is 0 Å². The molecule has 0 radical (unpaired) electrons. The second kappa shape index (κ2) is 5.55. The molecule has 2 aliphatic rings. The van der Waals surface area contributed by atoms with E-state index in [0.717, 1.165) is 18.4 Å². The van der Waals surface area contributed by atoms with Crippen LogP contribution in [0.4, 0.5) is 0 Å². The van der Waals surface area contributed by atoms with Crippen LogP contribution in [0.3, 0.4) is 0 Å². The Kier molecular flexibility index (Phi) is 3.46. The molecule has 6 nitrogen and oxygen atoms in total. The van der Waals surface area contributed by atoms with Crippen LogP contribution in [-0.4, -0.2) is 33.8 Å². The maximum Gasteiger partial charge on any atom is 0.249 e. The predicted octanol–water partition coefficient (Wildman–Crippen LogP) is 1.70. The van der Waals surface area contributed by atoms with Gasteiger partial charge in [-0.25, -0.2) is 0 Å². The molecule has 6 heteroatoms. The Morgan fingerprint density at radius 2 is 2.16 bits per heavy atom. The number of nitrogens with two attached hydrogens (primary N) is 1. The first-order valence-corrected chi connectivity index (χ1v) is 8.39. The van der Waals surface area contributed by atoms with Crippen LogP contribution in [0.2, 0.25) is 0 Å². The highest BCUT2D eigenvalue weighted by Crippen LogP contribution is 2.47. The van der Waals surface area contributed by atoms with Crippen LogP contribution in [0.1, 0.15) is 34.5 Å². The molecule has 4 rings (SSSR count). The molecule has 1 aliphatic carbocycles. The number of fused-ring (bicyclic) bond motifs is 2. The number of likely N-dealkylation sites (tertiary alicyclic amines) is 1. The molecule has 2 N–H and O–H groups in total. The summed E-state index contributed by atoms with van der Waals surface area (Å²) in [5.41, 5.74) is 8.06. The molecule has 3 atom stereocenters. The number of nitriles is 1. The fourth-order valence-electron chi connectivity index (χ4n) is 3.86. The van der Waals surface area contributed by atoms with E-state index in [4.69, 9.17) is 5.73 Å². The monoisotopic (exact) mass is 334 g/mol. The number of pyridine rings is 1. The number of aromatic nitrogens is 1. The minimum atomic E-state index is -0.539. The van der Waals surface area contributed by atoms with E-state index < -0.39 is 5.91 Å². The molecular formula is C19H18N4O2. The van der Waals surface area contributed by atoms with Crippen molar-refractivity contribution in [2.24, 2.45) is 11.7 Å². The van der Waals surface area contributed by atoms with E-state index in [1.807, 2.05) is 25.1 Å². The Balaban J connectivity index is 1.68. The molecule has 0 unspecified atom stereocenters. The van der Waals surface area contributed by atoms with Gasteiger partial charge >= 0.3 is 0 Å². The summed E-state index contributed by atoms with van der Waals surface area (Å²) in [7, 11) is 0. The molecule has 0 spiro atoms. The van der Waals surface area contributed by atoms with Crippen molar-refractivity contribution in [3.05, 3.63) is 41.1 Å². The van der Waals surface area contributed by atoms with Crippen molar-refractivity contribution in [2.75, 3.05) is 0 Å². The van der Waals surface area contributed by atoms with Gasteiger partial charge < -0.3 is 10.6 Å². The lowest BCUT2D eigenvalue weighted by Crippen LogP contribution is -2.38. The average Bonchev–Trinajstić information content (AvgIpc) is 3.23. The van der Waals surface area contributed by atoms with E-state index in [2.05, 4.69) is 11.1 Å². The smallest absolute Gasteiger partial charge is 0.249 e. The molecule has 2 aromatic rings. The number of aryl methyl sites for hydroxylation is 1. The number of carbonyl (C=O) groups is 2. The third-order valence-electron chi connectivity index (χ3n) is 5.16. The van der Waals surface area contributed by atoms with Crippen molar-refractivity contribution in [1.82, 2.24) is 9.88 Å². The van der Waals surface area contributed by atoms with Crippen LogP contribution in [0.25, 0.3) is 10.9 Å². The number of benzene rings is 1. The summed E-state index contributed by atoms with van der Waals surface area (Å²) >= 11 is 0. The molecule has 1 aliphatic heterocycles. The summed E-state index contributed by atoms with van der Waals surface area (Å²) < 4.78 is 0. The molecule has 25 heavy (non-hydrogen) atoms. The first kappa shape index (κ1) is 15.6. The van der Waals surface area contributed by atoms with Gasteiger partial charge in [-0.05, 0) is 43.4 Å². The second-order valence-corrected chi connectivity index (χ2v) is 6.97. The standard InChI is InChI=1S/C19H18N4O2/c1-10-2-3-14-15(19(21)25)7-12(22-16(14)4-10)8-18(24)23-13(9-20)5-11-6-17(11)23/h2-4,7,11,13,17H,5-6,8H2,1H3,(H2,21,25)/t11-,13+,17+/m1/s1. The van der Waals surface area contributed by atoms with Crippen molar-refractivity contribution in [3.8, 4) is 6.07 Å². The molecule has 1 saturated carbocycles. The molecule has 2 amide bonds. The van der Waals surface area contributed by atoms with E-state index >= 15 is 0 Å². The Labute approximate surface area is 145 Å². The lowest BCUT2D eigenvalue weighted by molar-refractivity contribution is -0.131. The first-order chi connectivity index (χ1) is 12.0. The molecule has 1 aromatic heterocycles. The molecular weight excluding hydrogens is 316 g/mol. The quantitative estimate of drug-likeness (QED) is 0.923. The van der Waals surface area contributed by atoms with Crippen LogP contribution >= 0.6 is 0 Å². The Hall–Kier alpha value is -2.94.